The van der Waals surface area contributed by atoms with Crippen molar-refractivity contribution in [1.29, 1.82) is 0 Å². The Morgan fingerprint density at radius 1 is 1.31 bits per heavy atom. The topological polar surface area (TPSA) is 37.8 Å². The minimum Gasteiger partial charge on any atom is -0.354 e. The molecule has 0 saturated heterocycles. The van der Waals surface area contributed by atoms with Crippen LogP contribution in [-0.4, -0.2) is 22.4 Å². The van der Waals surface area contributed by atoms with Gasteiger partial charge < -0.3 is 5.32 Å². The van der Waals surface area contributed by atoms with E-state index < -0.39 is 0 Å². The molecule has 0 amide bonds. The Labute approximate surface area is 103 Å². The molecular formula is C12H20ClN3. The van der Waals surface area contributed by atoms with E-state index in [-0.39, 0.29) is 0 Å². The van der Waals surface area contributed by atoms with Crippen LogP contribution in [0.5, 0.6) is 0 Å². The van der Waals surface area contributed by atoms with E-state index in [9.17, 15) is 0 Å². The van der Waals surface area contributed by atoms with Gasteiger partial charge in [0.15, 0.2) is 0 Å². The fraction of sp³-hybridized carbons (Fsp3) is 0.667. The molecule has 0 aromatic carbocycles. The second-order valence-corrected chi connectivity index (χ2v) is 4.61. The van der Waals surface area contributed by atoms with E-state index in [2.05, 4.69) is 29.1 Å². The third-order valence-electron chi connectivity index (χ3n) is 2.31. The number of alkyl halides is 1. The summed E-state index contributed by atoms with van der Waals surface area (Å²) in [6.45, 7) is 7.16. The predicted molar refractivity (Wildman–Crippen MR) is 69.3 cm³/mol. The molecule has 0 aliphatic rings. The zero-order valence-electron chi connectivity index (χ0n) is 10.3. The average Bonchev–Trinajstić information content (AvgIpc) is 2.23. The zero-order chi connectivity index (χ0) is 12.0. The maximum absolute atomic E-state index is 5.62. The van der Waals surface area contributed by atoms with Gasteiger partial charge >= 0.3 is 0 Å². The number of halogens is 1. The van der Waals surface area contributed by atoms with Crippen LogP contribution < -0.4 is 5.32 Å². The first-order chi connectivity index (χ1) is 7.63. The fourth-order valence-electron chi connectivity index (χ4n) is 1.39. The lowest BCUT2D eigenvalue weighted by Gasteiger charge is -2.09. The quantitative estimate of drug-likeness (QED) is 0.613. The van der Waals surface area contributed by atoms with Crippen LogP contribution in [0, 0.1) is 6.92 Å². The summed E-state index contributed by atoms with van der Waals surface area (Å²) < 4.78 is 0. The molecule has 0 spiro atoms. The molecule has 16 heavy (non-hydrogen) atoms. The summed E-state index contributed by atoms with van der Waals surface area (Å²) in [5.74, 6) is 1.89. The van der Waals surface area contributed by atoms with E-state index in [1.165, 1.54) is 0 Å². The van der Waals surface area contributed by atoms with Crippen molar-refractivity contribution < 1.29 is 0 Å². The number of hydrogen-bond donors (Lipinski definition) is 1. The van der Waals surface area contributed by atoms with Crippen LogP contribution in [0.15, 0.2) is 6.07 Å². The van der Waals surface area contributed by atoms with E-state index in [0.29, 0.717) is 11.8 Å². The lowest BCUT2D eigenvalue weighted by molar-refractivity contribution is 0.796. The highest BCUT2D eigenvalue weighted by Gasteiger charge is 2.04. The van der Waals surface area contributed by atoms with Crippen LogP contribution in [0.2, 0.25) is 0 Å². The van der Waals surface area contributed by atoms with Crippen molar-refractivity contribution in [3.05, 3.63) is 17.5 Å². The highest BCUT2D eigenvalue weighted by Crippen LogP contribution is 2.14. The highest BCUT2D eigenvalue weighted by atomic mass is 35.5. The second kappa shape index (κ2) is 6.69. The van der Waals surface area contributed by atoms with Gasteiger partial charge in [-0.1, -0.05) is 13.8 Å². The van der Waals surface area contributed by atoms with Gasteiger partial charge in [-0.15, -0.1) is 11.6 Å². The summed E-state index contributed by atoms with van der Waals surface area (Å²) in [6.07, 6.45) is 2.08. The molecule has 3 nitrogen and oxygen atoms in total. The van der Waals surface area contributed by atoms with E-state index in [1.54, 1.807) is 0 Å². The van der Waals surface area contributed by atoms with Crippen molar-refractivity contribution in [2.75, 3.05) is 17.7 Å². The first-order valence-corrected chi connectivity index (χ1v) is 6.32. The first-order valence-electron chi connectivity index (χ1n) is 5.79. The van der Waals surface area contributed by atoms with Crippen LogP contribution in [-0.2, 0) is 0 Å². The Morgan fingerprint density at radius 3 is 2.69 bits per heavy atom. The van der Waals surface area contributed by atoms with Crippen LogP contribution in [0.4, 0.5) is 5.95 Å². The molecule has 0 fully saturated rings. The van der Waals surface area contributed by atoms with Crippen molar-refractivity contribution in [3.63, 3.8) is 0 Å². The largest absolute Gasteiger partial charge is 0.354 e. The fourth-order valence-corrected chi connectivity index (χ4v) is 1.58. The normalized spacial score (nSPS) is 10.8. The van der Waals surface area contributed by atoms with Crippen molar-refractivity contribution in [3.8, 4) is 0 Å². The van der Waals surface area contributed by atoms with E-state index in [1.807, 2.05) is 13.0 Å². The third kappa shape index (κ3) is 4.35. The van der Waals surface area contributed by atoms with Crippen molar-refractivity contribution in [2.45, 2.75) is 39.5 Å². The van der Waals surface area contributed by atoms with E-state index >= 15 is 0 Å². The summed E-state index contributed by atoms with van der Waals surface area (Å²) in [5.41, 5.74) is 2.10. The monoisotopic (exact) mass is 241 g/mol. The molecule has 1 aromatic rings. The third-order valence-corrected chi connectivity index (χ3v) is 2.58. The summed E-state index contributed by atoms with van der Waals surface area (Å²) in [4.78, 5) is 8.83. The first kappa shape index (κ1) is 13.2. The van der Waals surface area contributed by atoms with Crippen molar-refractivity contribution >= 4 is 17.5 Å². The molecule has 0 bridgehead atoms. The van der Waals surface area contributed by atoms with Crippen LogP contribution in [0.1, 0.15) is 44.0 Å². The lowest BCUT2D eigenvalue weighted by atomic mass is 10.1. The molecule has 0 saturated carbocycles. The van der Waals surface area contributed by atoms with Gasteiger partial charge in [0.2, 0.25) is 5.95 Å². The van der Waals surface area contributed by atoms with Crippen molar-refractivity contribution in [2.24, 2.45) is 0 Å². The van der Waals surface area contributed by atoms with Crippen LogP contribution in [0.25, 0.3) is 0 Å². The van der Waals surface area contributed by atoms with Gasteiger partial charge in [-0.05, 0) is 31.7 Å². The zero-order valence-corrected chi connectivity index (χ0v) is 11.0. The standard InChI is InChI=1S/C12H20ClN3/c1-9(2)11-8-10(3)15-12(16-11)14-7-5-4-6-13/h8-9H,4-7H2,1-3H3,(H,14,15,16). The number of unbranched alkanes of at least 4 members (excludes halogenated alkanes) is 1. The predicted octanol–water partition coefficient (Wildman–Crippen LogP) is 3.34. The van der Waals surface area contributed by atoms with Gasteiger partial charge in [0.05, 0.1) is 0 Å². The Balaban J connectivity index is 2.58. The Kier molecular flexibility index (Phi) is 5.53. The molecule has 0 aliphatic heterocycles. The van der Waals surface area contributed by atoms with Crippen LogP contribution >= 0.6 is 11.6 Å². The van der Waals surface area contributed by atoms with Gasteiger partial charge in [-0.3, -0.25) is 0 Å². The molecule has 1 rings (SSSR count). The number of hydrogen-bond acceptors (Lipinski definition) is 3. The minimum atomic E-state index is 0.435. The Morgan fingerprint density at radius 2 is 2.06 bits per heavy atom. The van der Waals surface area contributed by atoms with E-state index in [0.717, 1.165) is 36.7 Å². The summed E-state index contributed by atoms with van der Waals surface area (Å²) in [6, 6.07) is 2.04. The molecule has 1 heterocycles. The lowest BCUT2D eigenvalue weighted by Crippen LogP contribution is -2.08. The molecule has 4 heteroatoms. The van der Waals surface area contributed by atoms with Gasteiger partial charge in [0, 0.05) is 23.8 Å². The number of anilines is 1. The molecule has 0 aliphatic carbocycles. The van der Waals surface area contributed by atoms with Crippen LogP contribution in [0.3, 0.4) is 0 Å². The van der Waals surface area contributed by atoms with Gasteiger partial charge in [-0.2, -0.15) is 0 Å². The number of nitrogens with zero attached hydrogens (tertiary/aromatic N) is 2. The molecular weight excluding hydrogens is 222 g/mol. The summed E-state index contributed by atoms with van der Waals surface area (Å²) in [7, 11) is 0. The Hall–Kier alpha value is -0.830. The summed E-state index contributed by atoms with van der Waals surface area (Å²) >= 11 is 5.62. The second-order valence-electron chi connectivity index (χ2n) is 4.24. The maximum Gasteiger partial charge on any atom is 0.223 e. The van der Waals surface area contributed by atoms with E-state index in [4.69, 9.17) is 11.6 Å². The molecule has 1 N–H and O–H groups in total. The van der Waals surface area contributed by atoms with Crippen molar-refractivity contribution in [1.82, 2.24) is 9.97 Å². The molecule has 0 unspecified atom stereocenters. The van der Waals surface area contributed by atoms with Gasteiger partial charge in [-0.25, -0.2) is 9.97 Å². The molecule has 1 aromatic heterocycles. The number of aromatic nitrogens is 2. The SMILES string of the molecule is Cc1cc(C(C)C)nc(NCCCCCl)n1. The average molecular weight is 242 g/mol. The smallest absolute Gasteiger partial charge is 0.223 e. The number of aryl methyl sites for hydroxylation is 1. The van der Waals surface area contributed by atoms with Gasteiger partial charge in [0.25, 0.3) is 0 Å². The highest BCUT2D eigenvalue weighted by molar-refractivity contribution is 6.17. The number of rotatable bonds is 6. The molecule has 90 valence electrons. The Bertz CT molecular complexity index is 326. The maximum atomic E-state index is 5.62. The minimum absolute atomic E-state index is 0.435. The molecule has 0 atom stereocenters. The molecule has 0 radical (unpaired) electrons. The summed E-state index contributed by atoms with van der Waals surface area (Å²) in [5, 5.41) is 3.23. The number of nitrogens with one attached hydrogen (secondary N) is 1. The van der Waals surface area contributed by atoms with Gasteiger partial charge in [0.1, 0.15) is 0 Å².